The number of fused-ring (bicyclic) bond motifs is 1. The van der Waals surface area contributed by atoms with Gasteiger partial charge >= 0.3 is 0 Å². The quantitative estimate of drug-likeness (QED) is 0.490. The molecule has 29 heavy (non-hydrogen) atoms. The van der Waals surface area contributed by atoms with Crippen LogP contribution in [0.2, 0.25) is 0 Å². The topological polar surface area (TPSA) is 105 Å². The predicted octanol–water partition coefficient (Wildman–Crippen LogP) is 3.84. The highest BCUT2D eigenvalue weighted by Gasteiger charge is 2.44. The van der Waals surface area contributed by atoms with Crippen LogP contribution in [0.5, 0.6) is 0 Å². The monoisotopic (exact) mass is 416 g/mol. The molecule has 158 valence electrons. The number of aliphatic hydroxyl groups excluding tert-OH is 1. The smallest absolute Gasteiger partial charge is 0.128 e. The van der Waals surface area contributed by atoms with E-state index in [1.165, 1.54) is 0 Å². The molecule has 0 aliphatic heterocycles. The van der Waals surface area contributed by atoms with Gasteiger partial charge in [0.15, 0.2) is 0 Å². The molecule has 0 aromatic carbocycles. The molecular formula is C22H32N4O2S. The molecule has 0 saturated heterocycles. The maximum Gasteiger partial charge on any atom is 0.128 e. The van der Waals surface area contributed by atoms with Crippen LogP contribution in [0.1, 0.15) is 64.1 Å². The average Bonchev–Trinajstić information content (AvgIpc) is 3.25. The van der Waals surface area contributed by atoms with Crippen molar-refractivity contribution in [1.29, 1.82) is 0 Å². The number of allylic oxidation sites excluding steroid dienone is 1. The Morgan fingerprint density at radius 1 is 1.31 bits per heavy atom. The minimum atomic E-state index is -0.852. The van der Waals surface area contributed by atoms with E-state index in [1.807, 2.05) is 40.7 Å². The molecule has 1 fully saturated rings. The van der Waals surface area contributed by atoms with Crippen LogP contribution in [-0.2, 0) is 0 Å². The van der Waals surface area contributed by atoms with Crippen molar-refractivity contribution in [2.24, 2.45) is 16.6 Å². The van der Waals surface area contributed by atoms with Gasteiger partial charge in [-0.25, -0.2) is 4.98 Å². The van der Waals surface area contributed by atoms with Crippen LogP contribution in [0.15, 0.2) is 22.8 Å². The number of hydrogen-bond acceptors (Lipinski definition) is 6. The number of aliphatic hydroxyl groups is 2. The fraction of sp³-hybridized carbons (Fsp3) is 0.591. The standard InChI is InChI=1S/C22H32N4O2S/c1-6-22(28,7-2)15-10-14(11-16(15)27)25-20(23)18(12(3)4)21-26-19-13(5)24-9-8-17(19)29-21/h8-9,14-16,27-28H,6-7,10-11H2,1-5H3,(H2,23,25)/t14-,15+,16+/m1/s1. The van der Waals surface area contributed by atoms with Gasteiger partial charge in [0.2, 0.25) is 0 Å². The van der Waals surface area contributed by atoms with E-state index in [0.717, 1.165) is 32.1 Å². The number of aromatic nitrogens is 2. The molecule has 1 aliphatic carbocycles. The highest BCUT2D eigenvalue weighted by molar-refractivity contribution is 7.19. The molecule has 0 radical (unpaired) electrons. The van der Waals surface area contributed by atoms with Crippen LogP contribution < -0.4 is 5.73 Å². The lowest BCUT2D eigenvalue weighted by Crippen LogP contribution is -2.40. The van der Waals surface area contributed by atoms with Crippen LogP contribution in [0.25, 0.3) is 15.8 Å². The van der Waals surface area contributed by atoms with Crippen LogP contribution in [0.4, 0.5) is 0 Å². The minimum Gasteiger partial charge on any atom is -0.393 e. The second-order valence-corrected chi connectivity index (χ2v) is 9.29. The SMILES string of the molecule is CCC(O)(CC)[C@H]1C[C@@H](N=C(N)C(=C(C)C)c2nc3c(C)nccc3s2)C[C@@H]1O. The lowest BCUT2D eigenvalue weighted by atomic mass is 9.80. The van der Waals surface area contributed by atoms with Crippen molar-refractivity contribution in [1.82, 2.24) is 9.97 Å². The highest BCUT2D eigenvalue weighted by Crippen LogP contribution is 2.40. The number of nitrogens with zero attached hydrogens (tertiary/aromatic N) is 3. The van der Waals surface area contributed by atoms with Crippen LogP contribution in [-0.4, -0.2) is 43.8 Å². The molecule has 1 aliphatic rings. The normalized spacial score (nSPS) is 23.0. The second-order valence-electron chi connectivity index (χ2n) is 8.26. The molecule has 1 saturated carbocycles. The molecule has 2 heterocycles. The highest BCUT2D eigenvalue weighted by atomic mass is 32.1. The maximum atomic E-state index is 10.9. The first-order valence-electron chi connectivity index (χ1n) is 10.3. The Balaban J connectivity index is 1.90. The first kappa shape index (κ1) is 21.9. The van der Waals surface area contributed by atoms with Crippen molar-refractivity contribution >= 4 is 33.0 Å². The number of pyridine rings is 1. The van der Waals surface area contributed by atoms with Crippen LogP contribution in [0, 0.1) is 12.8 Å². The zero-order chi connectivity index (χ0) is 21.3. The van der Waals surface area contributed by atoms with E-state index in [-0.39, 0.29) is 12.0 Å². The van der Waals surface area contributed by atoms with Gasteiger partial charge < -0.3 is 15.9 Å². The molecular weight excluding hydrogens is 384 g/mol. The number of aliphatic imine (C=N–C) groups is 1. The summed E-state index contributed by atoms with van der Waals surface area (Å²) in [5.74, 6) is 0.273. The van der Waals surface area contributed by atoms with E-state index in [1.54, 1.807) is 17.5 Å². The van der Waals surface area contributed by atoms with E-state index in [4.69, 9.17) is 15.7 Å². The largest absolute Gasteiger partial charge is 0.393 e. The molecule has 0 spiro atoms. The Morgan fingerprint density at radius 2 is 2.00 bits per heavy atom. The summed E-state index contributed by atoms with van der Waals surface area (Å²) >= 11 is 1.59. The molecule has 0 unspecified atom stereocenters. The fourth-order valence-corrected chi connectivity index (χ4v) is 5.55. The number of thiazole rings is 1. The first-order valence-corrected chi connectivity index (χ1v) is 11.2. The molecule has 3 rings (SSSR count). The average molecular weight is 417 g/mol. The second kappa shape index (κ2) is 8.50. The van der Waals surface area contributed by atoms with Gasteiger partial charge in [0.1, 0.15) is 16.4 Å². The Labute approximate surface area is 176 Å². The van der Waals surface area contributed by atoms with E-state index in [9.17, 15) is 10.2 Å². The minimum absolute atomic E-state index is 0.105. The third-order valence-electron chi connectivity index (χ3n) is 6.20. The Kier molecular flexibility index (Phi) is 6.41. The summed E-state index contributed by atoms with van der Waals surface area (Å²) in [6.07, 6.45) is 3.63. The number of rotatable bonds is 6. The van der Waals surface area contributed by atoms with Crippen molar-refractivity contribution in [3.63, 3.8) is 0 Å². The van der Waals surface area contributed by atoms with Gasteiger partial charge in [-0.1, -0.05) is 19.4 Å². The van der Waals surface area contributed by atoms with Crippen molar-refractivity contribution in [3.05, 3.63) is 28.5 Å². The van der Waals surface area contributed by atoms with E-state index in [0.29, 0.717) is 31.5 Å². The molecule has 2 aromatic rings. The molecule has 2 aromatic heterocycles. The van der Waals surface area contributed by atoms with Gasteiger partial charge in [0.25, 0.3) is 0 Å². The van der Waals surface area contributed by atoms with Crippen molar-refractivity contribution < 1.29 is 10.2 Å². The lowest BCUT2D eigenvalue weighted by molar-refractivity contribution is -0.0642. The Bertz CT molecular complexity index is 941. The van der Waals surface area contributed by atoms with E-state index >= 15 is 0 Å². The van der Waals surface area contributed by atoms with Gasteiger partial charge in [-0.2, -0.15) is 0 Å². The zero-order valence-electron chi connectivity index (χ0n) is 17.9. The molecule has 4 N–H and O–H groups in total. The third-order valence-corrected chi connectivity index (χ3v) is 7.24. The summed E-state index contributed by atoms with van der Waals surface area (Å²) in [5.41, 5.74) is 9.29. The van der Waals surface area contributed by atoms with Crippen LogP contribution in [0.3, 0.4) is 0 Å². The van der Waals surface area contributed by atoms with Gasteiger partial charge in [0, 0.05) is 12.1 Å². The van der Waals surface area contributed by atoms with E-state index in [2.05, 4.69) is 4.98 Å². The number of hydrogen-bond donors (Lipinski definition) is 3. The van der Waals surface area contributed by atoms with Gasteiger partial charge in [-0.15, -0.1) is 11.3 Å². The zero-order valence-corrected chi connectivity index (χ0v) is 18.8. The Hall–Kier alpha value is -1.83. The summed E-state index contributed by atoms with van der Waals surface area (Å²) in [7, 11) is 0. The van der Waals surface area contributed by atoms with Gasteiger partial charge in [-0.3, -0.25) is 9.98 Å². The number of amidine groups is 1. The Morgan fingerprint density at radius 3 is 2.59 bits per heavy atom. The van der Waals surface area contributed by atoms with Gasteiger partial charge in [-0.05, 0) is 52.5 Å². The molecule has 0 bridgehead atoms. The first-order chi connectivity index (χ1) is 13.7. The summed E-state index contributed by atoms with van der Waals surface area (Å²) in [6.45, 7) is 9.90. The van der Waals surface area contributed by atoms with E-state index < -0.39 is 11.7 Å². The molecule has 6 nitrogen and oxygen atoms in total. The van der Waals surface area contributed by atoms with Crippen molar-refractivity contribution in [2.75, 3.05) is 0 Å². The predicted molar refractivity (Wildman–Crippen MR) is 120 cm³/mol. The third kappa shape index (κ3) is 4.22. The van der Waals surface area contributed by atoms with Crippen molar-refractivity contribution in [2.45, 2.75) is 78.0 Å². The summed E-state index contributed by atoms with van der Waals surface area (Å²) < 4.78 is 1.08. The van der Waals surface area contributed by atoms with Crippen molar-refractivity contribution in [3.8, 4) is 0 Å². The molecule has 3 atom stereocenters. The molecule has 7 heteroatoms. The number of aryl methyl sites for hydroxylation is 1. The fourth-order valence-electron chi connectivity index (χ4n) is 4.38. The lowest BCUT2D eigenvalue weighted by Gasteiger charge is -2.34. The van der Waals surface area contributed by atoms with Crippen LogP contribution >= 0.6 is 11.3 Å². The summed E-state index contributed by atoms with van der Waals surface area (Å²) in [6, 6.07) is 1.86. The maximum absolute atomic E-state index is 10.9. The summed E-state index contributed by atoms with van der Waals surface area (Å²) in [4.78, 5) is 13.9. The molecule has 0 amide bonds. The van der Waals surface area contributed by atoms with Gasteiger partial charge in [0.05, 0.1) is 33.7 Å². The number of nitrogens with two attached hydrogens (primary N) is 1. The summed E-state index contributed by atoms with van der Waals surface area (Å²) in [5, 5.41) is 22.3.